The number of hydrogen-bond acceptors (Lipinski definition) is 5. The number of carbonyl (C=O) groups excluding carboxylic acids is 1. The van der Waals surface area contributed by atoms with E-state index >= 15 is 0 Å². The molecule has 0 bridgehead atoms. The van der Waals surface area contributed by atoms with Crippen LogP contribution in [0.5, 0.6) is 0 Å². The third kappa shape index (κ3) is 3.52. The smallest absolute Gasteiger partial charge is 0.293 e. The summed E-state index contributed by atoms with van der Waals surface area (Å²) in [4.78, 5) is 25.8. The Bertz CT molecular complexity index is 1040. The second kappa shape index (κ2) is 7.66. The summed E-state index contributed by atoms with van der Waals surface area (Å²) >= 11 is 0. The fourth-order valence-corrected chi connectivity index (χ4v) is 3.41. The minimum Gasteiger partial charge on any atom is -0.378 e. The van der Waals surface area contributed by atoms with Crippen LogP contribution in [-0.4, -0.2) is 37.1 Å². The predicted octanol–water partition coefficient (Wildman–Crippen LogP) is 3.84. The van der Waals surface area contributed by atoms with Gasteiger partial charge in [0.25, 0.3) is 11.6 Å². The first-order chi connectivity index (χ1) is 13.6. The van der Waals surface area contributed by atoms with E-state index in [2.05, 4.69) is 5.32 Å². The molecular formula is C21H19N3O4. The van der Waals surface area contributed by atoms with E-state index in [1.807, 2.05) is 47.4 Å². The summed E-state index contributed by atoms with van der Waals surface area (Å²) in [5, 5.41) is 16.4. The van der Waals surface area contributed by atoms with Gasteiger partial charge in [0.05, 0.1) is 18.1 Å². The van der Waals surface area contributed by atoms with E-state index in [9.17, 15) is 14.9 Å². The molecule has 1 fully saturated rings. The molecule has 4 rings (SSSR count). The average molecular weight is 377 g/mol. The number of hydrogen-bond donors (Lipinski definition) is 1. The predicted molar refractivity (Wildman–Crippen MR) is 108 cm³/mol. The molecule has 1 amide bonds. The zero-order valence-corrected chi connectivity index (χ0v) is 15.1. The molecule has 1 aliphatic rings. The van der Waals surface area contributed by atoms with Crippen molar-refractivity contribution in [3.8, 4) is 0 Å². The first kappa shape index (κ1) is 17.9. The Morgan fingerprint density at radius 1 is 1.04 bits per heavy atom. The number of nitrogens with zero attached hydrogens (tertiary/aromatic N) is 2. The second-order valence-corrected chi connectivity index (χ2v) is 6.54. The number of carbonyl (C=O) groups is 1. The van der Waals surface area contributed by atoms with Crippen molar-refractivity contribution in [1.29, 1.82) is 0 Å². The SMILES string of the molecule is O=C(Nc1cccc2ccccc12)c1ccc(N2CCOCC2)c([N+](=O)[O-])c1. The van der Waals surface area contributed by atoms with Gasteiger partial charge in [0.2, 0.25) is 0 Å². The lowest BCUT2D eigenvalue weighted by atomic mass is 10.1. The highest BCUT2D eigenvalue weighted by molar-refractivity contribution is 6.09. The number of nitro benzene ring substituents is 1. The van der Waals surface area contributed by atoms with E-state index in [0.29, 0.717) is 37.7 Å². The quantitative estimate of drug-likeness (QED) is 0.552. The number of anilines is 2. The largest absolute Gasteiger partial charge is 0.378 e. The van der Waals surface area contributed by atoms with Crippen molar-refractivity contribution in [3.63, 3.8) is 0 Å². The number of morpholine rings is 1. The Hall–Kier alpha value is -3.45. The third-order valence-corrected chi connectivity index (χ3v) is 4.82. The summed E-state index contributed by atoms with van der Waals surface area (Å²) in [5.41, 5.74) is 1.35. The highest BCUT2D eigenvalue weighted by Crippen LogP contribution is 2.30. The van der Waals surface area contributed by atoms with Gasteiger partial charge in [0, 0.05) is 35.8 Å². The van der Waals surface area contributed by atoms with Crippen molar-refractivity contribution in [2.45, 2.75) is 0 Å². The molecule has 7 heteroatoms. The molecule has 142 valence electrons. The molecule has 0 spiro atoms. The molecule has 0 saturated carbocycles. The Kier molecular flexibility index (Phi) is 4.90. The lowest BCUT2D eigenvalue weighted by Crippen LogP contribution is -2.36. The minimum absolute atomic E-state index is 0.0764. The van der Waals surface area contributed by atoms with E-state index in [0.717, 1.165) is 10.8 Å². The van der Waals surface area contributed by atoms with Crippen molar-refractivity contribution in [2.24, 2.45) is 0 Å². The molecule has 1 N–H and O–H groups in total. The van der Waals surface area contributed by atoms with E-state index in [-0.39, 0.29) is 17.2 Å². The summed E-state index contributed by atoms with van der Waals surface area (Å²) in [6.07, 6.45) is 0. The normalized spacial score (nSPS) is 14.1. The molecule has 1 aliphatic heterocycles. The summed E-state index contributed by atoms with van der Waals surface area (Å²) in [5.74, 6) is -0.381. The van der Waals surface area contributed by atoms with E-state index < -0.39 is 4.92 Å². The number of nitrogens with one attached hydrogen (secondary N) is 1. The summed E-state index contributed by atoms with van der Waals surface area (Å²) in [6, 6.07) is 18.0. The fraction of sp³-hybridized carbons (Fsp3) is 0.190. The Labute approximate surface area is 161 Å². The van der Waals surface area contributed by atoms with Crippen LogP contribution in [0.2, 0.25) is 0 Å². The number of rotatable bonds is 4. The van der Waals surface area contributed by atoms with Gasteiger partial charge in [-0.1, -0.05) is 36.4 Å². The van der Waals surface area contributed by atoms with E-state index in [1.165, 1.54) is 6.07 Å². The molecule has 0 radical (unpaired) electrons. The topological polar surface area (TPSA) is 84.7 Å². The zero-order valence-electron chi connectivity index (χ0n) is 15.1. The van der Waals surface area contributed by atoms with Gasteiger partial charge in [-0.3, -0.25) is 14.9 Å². The number of benzene rings is 3. The Morgan fingerprint density at radius 3 is 2.57 bits per heavy atom. The maximum atomic E-state index is 12.8. The lowest BCUT2D eigenvalue weighted by Gasteiger charge is -2.28. The number of nitro groups is 1. The van der Waals surface area contributed by atoms with Crippen LogP contribution in [0, 0.1) is 10.1 Å². The van der Waals surface area contributed by atoms with Gasteiger partial charge in [0.15, 0.2) is 0 Å². The van der Waals surface area contributed by atoms with E-state index in [4.69, 9.17) is 4.74 Å². The highest BCUT2D eigenvalue weighted by atomic mass is 16.6. The van der Waals surface area contributed by atoms with Gasteiger partial charge < -0.3 is 15.0 Å². The third-order valence-electron chi connectivity index (χ3n) is 4.82. The van der Waals surface area contributed by atoms with Crippen molar-refractivity contribution >= 4 is 33.7 Å². The molecule has 0 atom stereocenters. The standard InChI is InChI=1S/C21H19N3O4/c25-21(22-18-7-3-5-15-4-1-2-6-17(15)18)16-8-9-19(20(14-16)24(26)27)23-10-12-28-13-11-23/h1-9,14H,10-13H2,(H,22,25). The maximum absolute atomic E-state index is 12.8. The van der Waals surface area contributed by atoms with Gasteiger partial charge in [-0.25, -0.2) is 0 Å². The molecule has 3 aromatic carbocycles. The molecule has 1 saturated heterocycles. The lowest BCUT2D eigenvalue weighted by molar-refractivity contribution is -0.384. The first-order valence-corrected chi connectivity index (χ1v) is 9.04. The van der Waals surface area contributed by atoms with Crippen molar-refractivity contribution < 1.29 is 14.5 Å². The molecule has 1 heterocycles. The number of fused-ring (bicyclic) bond motifs is 1. The van der Waals surface area contributed by atoms with Crippen LogP contribution in [0.4, 0.5) is 17.1 Å². The number of amides is 1. The van der Waals surface area contributed by atoms with Crippen LogP contribution in [-0.2, 0) is 4.74 Å². The molecule has 7 nitrogen and oxygen atoms in total. The maximum Gasteiger partial charge on any atom is 0.293 e. The van der Waals surface area contributed by atoms with Crippen LogP contribution in [0.3, 0.4) is 0 Å². The molecule has 0 aliphatic carbocycles. The van der Waals surface area contributed by atoms with Gasteiger partial charge >= 0.3 is 0 Å². The Morgan fingerprint density at radius 2 is 1.79 bits per heavy atom. The molecule has 0 unspecified atom stereocenters. The van der Waals surface area contributed by atoms with E-state index in [1.54, 1.807) is 12.1 Å². The second-order valence-electron chi connectivity index (χ2n) is 6.54. The Balaban J connectivity index is 1.64. The molecule has 3 aromatic rings. The van der Waals surface area contributed by atoms with Crippen LogP contribution in [0.15, 0.2) is 60.7 Å². The van der Waals surface area contributed by atoms with Gasteiger partial charge in [-0.15, -0.1) is 0 Å². The fourth-order valence-electron chi connectivity index (χ4n) is 3.41. The molecule has 0 aromatic heterocycles. The van der Waals surface area contributed by atoms with Crippen LogP contribution in [0.1, 0.15) is 10.4 Å². The number of ether oxygens (including phenoxy) is 1. The van der Waals surface area contributed by atoms with Crippen molar-refractivity contribution in [2.75, 3.05) is 36.5 Å². The summed E-state index contributed by atoms with van der Waals surface area (Å²) < 4.78 is 5.31. The van der Waals surface area contributed by atoms with Crippen molar-refractivity contribution in [3.05, 3.63) is 76.3 Å². The first-order valence-electron chi connectivity index (χ1n) is 9.04. The summed E-state index contributed by atoms with van der Waals surface area (Å²) in [6.45, 7) is 2.23. The van der Waals surface area contributed by atoms with Crippen LogP contribution >= 0.6 is 0 Å². The molecular weight excluding hydrogens is 358 g/mol. The van der Waals surface area contributed by atoms with Gasteiger partial charge in [-0.2, -0.15) is 0 Å². The average Bonchev–Trinajstić information content (AvgIpc) is 2.74. The van der Waals surface area contributed by atoms with Crippen LogP contribution in [0.25, 0.3) is 10.8 Å². The minimum atomic E-state index is -0.445. The van der Waals surface area contributed by atoms with Crippen LogP contribution < -0.4 is 10.2 Å². The summed E-state index contributed by atoms with van der Waals surface area (Å²) in [7, 11) is 0. The highest BCUT2D eigenvalue weighted by Gasteiger charge is 2.23. The zero-order chi connectivity index (χ0) is 19.5. The monoisotopic (exact) mass is 377 g/mol. The van der Waals surface area contributed by atoms with Gasteiger partial charge in [-0.05, 0) is 23.6 Å². The molecule has 28 heavy (non-hydrogen) atoms. The van der Waals surface area contributed by atoms with Gasteiger partial charge in [0.1, 0.15) is 5.69 Å². The van der Waals surface area contributed by atoms with Crippen molar-refractivity contribution in [1.82, 2.24) is 0 Å².